The van der Waals surface area contributed by atoms with Gasteiger partial charge in [0.25, 0.3) is 0 Å². The van der Waals surface area contributed by atoms with Gasteiger partial charge in [-0.1, -0.05) is 6.92 Å². The van der Waals surface area contributed by atoms with E-state index >= 15 is 0 Å². The maximum atomic E-state index is 11.0. The van der Waals surface area contributed by atoms with Crippen LogP contribution in [-0.2, 0) is 14.3 Å². The average Bonchev–Trinajstić information content (AvgIpc) is 2.51. The lowest BCUT2D eigenvalue weighted by molar-refractivity contribution is -0.142. The molecule has 1 aliphatic carbocycles. The molecule has 1 rings (SSSR count). The molecule has 2 atom stereocenters. The van der Waals surface area contributed by atoms with Gasteiger partial charge in [-0.05, 0) is 18.3 Å². The summed E-state index contributed by atoms with van der Waals surface area (Å²) in [6.45, 7) is 2.01. The fourth-order valence-electron chi connectivity index (χ4n) is 1.84. The molecule has 0 aromatic heterocycles. The normalized spacial score (nSPS) is 24.5. The number of ether oxygens (including phenoxy) is 1. The van der Waals surface area contributed by atoms with E-state index in [0.29, 0.717) is 31.0 Å². The topological polar surface area (TPSA) is 43.4 Å². The van der Waals surface area contributed by atoms with Crippen molar-refractivity contribution in [3.05, 3.63) is 0 Å². The van der Waals surface area contributed by atoms with Crippen LogP contribution in [-0.4, -0.2) is 18.9 Å². The van der Waals surface area contributed by atoms with E-state index in [1.807, 2.05) is 6.92 Å². The second-order valence-electron chi connectivity index (χ2n) is 3.80. The highest BCUT2D eigenvalue weighted by Gasteiger charge is 2.28. The van der Waals surface area contributed by atoms with Gasteiger partial charge in [0, 0.05) is 19.3 Å². The van der Waals surface area contributed by atoms with Crippen molar-refractivity contribution in [3.63, 3.8) is 0 Å². The van der Waals surface area contributed by atoms with Gasteiger partial charge in [-0.3, -0.25) is 9.59 Å². The molecule has 0 N–H and O–H groups in total. The lowest BCUT2D eigenvalue weighted by atomic mass is 9.90. The van der Waals surface area contributed by atoms with E-state index in [1.165, 1.54) is 7.11 Å². The van der Waals surface area contributed by atoms with Crippen LogP contribution in [0.4, 0.5) is 0 Å². The summed E-state index contributed by atoms with van der Waals surface area (Å²) in [5, 5.41) is 0. The molecule has 0 saturated heterocycles. The molecule has 0 heterocycles. The van der Waals surface area contributed by atoms with E-state index in [2.05, 4.69) is 4.74 Å². The highest BCUT2D eigenvalue weighted by Crippen LogP contribution is 2.30. The van der Waals surface area contributed by atoms with Crippen LogP contribution in [0.5, 0.6) is 0 Å². The summed E-state index contributed by atoms with van der Waals surface area (Å²) < 4.78 is 4.58. The summed E-state index contributed by atoms with van der Waals surface area (Å²) in [4.78, 5) is 22.0. The zero-order chi connectivity index (χ0) is 9.84. The summed E-state index contributed by atoms with van der Waals surface area (Å²) in [7, 11) is 1.40. The van der Waals surface area contributed by atoms with Crippen LogP contribution in [0.25, 0.3) is 0 Å². The van der Waals surface area contributed by atoms with Crippen molar-refractivity contribution < 1.29 is 14.3 Å². The van der Waals surface area contributed by atoms with Crippen LogP contribution in [0.15, 0.2) is 0 Å². The molecule has 13 heavy (non-hydrogen) atoms. The third kappa shape index (κ3) is 2.83. The number of hydrogen-bond donors (Lipinski definition) is 0. The van der Waals surface area contributed by atoms with Gasteiger partial charge in [-0.25, -0.2) is 0 Å². The Morgan fingerprint density at radius 3 is 2.85 bits per heavy atom. The molecule has 0 spiro atoms. The van der Waals surface area contributed by atoms with Crippen molar-refractivity contribution in [1.29, 1.82) is 0 Å². The molecule has 0 aromatic carbocycles. The minimum atomic E-state index is -0.174. The molecule has 74 valence electrons. The first-order valence-corrected chi connectivity index (χ1v) is 4.72. The number of carbonyl (C=O) groups is 2. The third-order valence-electron chi connectivity index (χ3n) is 2.80. The molecule has 0 radical (unpaired) electrons. The fourth-order valence-corrected chi connectivity index (χ4v) is 1.84. The van der Waals surface area contributed by atoms with E-state index in [9.17, 15) is 9.59 Å². The van der Waals surface area contributed by atoms with Crippen molar-refractivity contribution in [2.75, 3.05) is 7.11 Å². The van der Waals surface area contributed by atoms with Crippen molar-refractivity contribution in [2.45, 2.75) is 32.6 Å². The minimum absolute atomic E-state index is 0.174. The number of methoxy groups -OCH3 is 1. The van der Waals surface area contributed by atoms with Crippen LogP contribution in [0.2, 0.25) is 0 Å². The smallest absolute Gasteiger partial charge is 0.305 e. The van der Waals surface area contributed by atoms with Crippen LogP contribution >= 0.6 is 0 Å². The SMILES string of the molecule is COC(=O)CC(C)C1CCC(=O)C1. The number of ketones is 1. The predicted molar refractivity (Wildman–Crippen MR) is 48.1 cm³/mol. The van der Waals surface area contributed by atoms with E-state index in [1.54, 1.807) is 0 Å². The first-order valence-electron chi connectivity index (χ1n) is 4.72. The van der Waals surface area contributed by atoms with Gasteiger partial charge >= 0.3 is 5.97 Å². The molecule has 1 fully saturated rings. The molecular weight excluding hydrogens is 168 g/mol. The number of carbonyl (C=O) groups excluding carboxylic acids is 2. The Hall–Kier alpha value is -0.860. The van der Waals surface area contributed by atoms with Crippen molar-refractivity contribution in [2.24, 2.45) is 11.8 Å². The number of hydrogen-bond acceptors (Lipinski definition) is 3. The quantitative estimate of drug-likeness (QED) is 0.625. The van der Waals surface area contributed by atoms with Gasteiger partial charge in [0.2, 0.25) is 0 Å². The zero-order valence-electron chi connectivity index (χ0n) is 8.21. The van der Waals surface area contributed by atoms with Crippen LogP contribution in [0.1, 0.15) is 32.6 Å². The molecule has 1 saturated carbocycles. The first-order chi connectivity index (χ1) is 6.13. The molecule has 3 heteroatoms. The summed E-state index contributed by atoms with van der Waals surface area (Å²) in [6.07, 6.45) is 2.72. The highest BCUT2D eigenvalue weighted by molar-refractivity contribution is 5.80. The van der Waals surface area contributed by atoms with Crippen LogP contribution < -0.4 is 0 Å². The summed E-state index contributed by atoms with van der Waals surface area (Å²) >= 11 is 0. The van der Waals surface area contributed by atoms with Crippen LogP contribution in [0.3, 0.4) is 0 Å². The Bertz CT molecular complexity index is 210. The zero-order valence-corrected chi connectivity index (χ0v) is 8.21. The van der Waals surface area contributed by atoms with Gasteiger partial charge in [0.1, 0.15) is 5.78 Å². The molecule has 0 amide bonds. The van der Waals surface area contributed by atoms with Crippen molar-refractivity contribution >= 4 is 11.8 Å². The van der Waals surface area contributed by atoms with E-state index in [-0.39, 0.29) is 11.9 Å². The number of rotatable bonds is 3. The lowest BCUT2D eigenvalue weighted by Gasteiger charge is -2.16. The number of esters is 1. The second kappa shape index (κ2) is 4.40. The lowest BCUT2D eigenvalue weighted by Crippen LogP contribution is -2.14. The molecule has 0 bridgehead atoms. The largest absolute Gasteiger partial charge is 0.469 e. The first kappa shape index (κ1) is 10.2. The van der Waals surface area contributed by atoms with E-state index in [0.717, 1.165) is 6.42 Å². The molecule has 2 unspecified atom stereocenters. The average molecular weight is 184 g/mol. The van der Waals surface area contributed by atoms with Gasteiger partial charge in [0.15, 0.2) is 0 Å². The summed E-state index contributed by atoms with van der Waals surface area (Å²) in [6, 6.07) is 0. The van der Waals surface area contributed by atoms with Crippen molar-refractivity contribution in [3.8, 4) is 0 Å². The maximum absolute atomic E-state index is 11.0. The number of Topliss-reactive ketones (excluding diaryl/α,β-unsaturated/α-hetero) is 1. The minimum Gasteiger partial charge on any atom is -0.469 e. The molecule has 3 nitrogen and oxygen atoms in total. The predicted octanol–water partition coefficient (Wildman–Crippen LogP) is 1.55. The standard InChI is InChI=1S/C10H16O3/c1-7(5-10(12)13-2)8-3-4-9(11)6-8/h7-8H,3-6H2,1-2H3. The van der Waals surface area contributed by atoms with Gasteiger partial charge < -0.3 is 4.74 Å². The fraction of sp³-hybridized carbons (Fsp3) is 0.800. The van der Waals surface area contributed by atoms with Crippen LogP contribution in [0, 0.1) is 11.8 Å². The monoisotopic (exact) mass is 184 g/mol. The van der Waals surface area contributed by atoms with Gasteiger partial charge in [-0.2, -0.15) is 0 Å². The summed E-state index contributed by atoms with van der Waals surface area (Å²) in [5.74, 6) is 0.832. The molecular formula is C10H16O3. The second-order valence-corrected chi connectivity index (χ2v) is 3.80. The van der Waals surface area contributed by atoms with E-state index < -0.39 is 0 Å². The van der Waals surface area contributed by atoms with Gasteiger partial charge in [0.05, 0.1) is 7.11 Å². The third-order valence-corrected chi connectivity index (χ3v) is 2.80. The van der Waals surface area contributed by atoms with Crippen molar-refractivity contribution in [1.82, 2.24) is 0 Å². The summed E-state index contributed by atoms with van der Waals surface area (Å²) in [5.41, 5.74) is 0. The Kier molecular flexibility index (Phi) is 3.46. The van der Waals surface area contributed by atoms with Gasteiger partial charge in [-0.15, -0.1) is 0 Å². The Morgan fingerprint density at radius 2 is 2.38 bits per heavy atom. The Labute approximate surface area is 78.5 Å². The molecule has 0 aromatic rings. The molecule has 1 aliphatic rings. The highest BCUT2D eigenvalue weighted by atomic mass is 16.5. The Balaban J connectivity index is 2.35. The Morgan fingerprint density at radius 1 is 1.69 bits per heavy atom. The molecule has 0 aliphatic heterocycles. The maximum Gasteiger partial charge on any atom is 0.305 e. The van der Waals surface area contributed by atoms with E-state index in [4.69, 9.17) is 0 Å².